The van der Waals surface area contributed by atoms with Gasteiger partial charge in [-0.25, -0.2) is 4.79 Å². The summed E-state index contributed by atoms with van der Waals surface area (Å²) in [6.45, 7) is 4.15. The maximum Gasteiger partial charge on any atom is 0.416 e. The Hall–Kier alpha value is -1.50. The van der Waals surface area contributed by atoms with Gasteiger partial charge in [0.05, 0.1) is 12.2 Å². The van der Waals surface area contributed by atoms with Crippen LogP contribution in [-0.2, 0) is 14.3 Å². The fraction of sp³-hybridized carbons (Fsp3) is 0.667. The summed E-state index contributed by atoms with van der Waals surface area (Å²) >= 11 is 0. The highest BCUT2D eigenvalue weighted by Gasteiger charge is 2.33. The van der Waals surface area contributed by atoms with Crippen molar-refractivity contribution in [3.05, 3.63) is 23.4 Å². The fourth-order valence-electron chi connectivity index (χ4n) is 1.72. The van der Waals surface area contributed by atoms with E-state index in [0.29, 0.717) is 19.6 Å². The molecule has 0 amide bonds. The molecule has 0 bridgehead atoms. The van der Waals surface area contributed by atoms with Crippen molar-refractivity contribution >= 4 is 5.97 Å². The molecule has 0 saturated carbocycles. The molecule has 0 aliphatic carbocycles. The Morgan fingerprint density at radius 1 is 1.27 bits per heavy atom. The second-order valence-corrected chi connectivity index (χ2v) is 4.58. The molecule has 0 fully saturated rings. The van der Waals surface area contributed by atoms with Crippen LogP contribution in [0.5, 0.6) is 0 Å². The van der Waals surface area contributed by atoms with Gasteiger partial charge in [-0.2, -0.15) is 13.2 Å². The molecule has 7 heteroatoms. The van der Waals surface area contributed by atoms with Crippen LogP contribution in [0.4, 0.5) is 13.2 Å². The van der Waals surface area contributed by atoms with Crippen LogP contribution >= 0.6 is 0 Å². The van der Waals surface area contributed by atoms with Crippen molar-refractivity contribution in [1.82, 2.24) is 4.90 Å². The molecular formula is C15H24F3NO3. The van der Waals surface area contributed by atoms with Crippen LogP contribution in [-0.4, -0.2) is 51.0 Å². The average molecular weight is 323 g/mol. The number of halogens is 3. The molecule has 0 spiro atoms. The van der Waals surface area contributed by atoms with E-state index in [9.17, 15) is 18.0 Å². The van der Waals surface area contributed by atoms with Crippen LogP contribution in [0.2, 0.25) is 0 Å². The molecule has 0 heterocycles. The molecule has 22 heavy (non-hydrogen) atoms. The predicted molar refractivity (Wildman–Crippen MR) is 78.3 cm³/mol. The first-order chi connectivity index (χ1) is 10.3. The lowest BCUT2D eigenvalue weighted by molar-refractivity contribution is -0.140. The van der Waals surface area contributed by atoms with Gasteiger partial charge < -0.3 is 14.4 Å². The second-order valence-electron chi connectivity index (χ2n) is 4.58. The first-order valence-electron chi connectivity index (χ1n) is 7.14. The van der Waals surface area contributed by atoms with Crippen LogP contribution in [0.25, 0.3) is 0 Å². The third-order valence-electron chi connectivity index (χ3n) is 2.78. The molecule has 0 aromatic rings. The number of esters is 1. The van der Waals surface area contributed by atoms with Crippen LogP contribution in [0.3, 0.4) is 0 Å². The number of likely N-dealkylation sites (N-methyl/N-ethyl adjacent to an activating group) is 1. The largest absolute Gasteiger partial charge is 0.461 e. The highest BCUT2D eigenvalue weighted by atomic mass is 19.4. The van der Waals surface area contributed by atoms with Crippen LogP contribution < -0.4 is 0 Å². The number of methoxy groups -OCH3 is 1. The number of ether oxygens (including phenoxy) is 2. The third-order valence-corrected chi connectivity index (χ3v) is 2.78. The van der Waals surface area contributed by atoms with Gasteiger partial charge in [0, 0.05) is 27.3 Å². The van der Waals surface area contributed by atoms with Crippen molar-refractivity contribution < 1.29 is 27.4 Å². The van der Waals surface area contributed by atoms with Crippen molar-refractivity contribution in [3.8, 4) is 0 Å². The standard InChI is InChI=1S/C15H24F3NO3/c1-5-8-12(15(16,17)18)11-13(14(20)22-6-2)19(3)9-7-10-21-4/h8,11H,5-7,9-10H2,1-4H3/b12-8-,13-11-. The van der Waals surface area contributed by atoms with Gasteiger partial charge in [0.1, 0.15) is 5.70 Å². The highest BCUT2D eigenvalue weighted by Crippen LogP contribution is 2.28. The Bertz CT molecular complexity index is 403. The predicted octanol–water partition coefficient (Wildman–Crippen LogP) is 3.30. The zero-order chi connectivity index (χ0) is 17.2. The molecule has 0 aliphatic rings. The van der Waals surface area contributed by atoms with Crippen LogP contribution in [0.1, 0.15) is 26.7 Å². The SMILES string of the molecule is CC/C=C(/C=C(/C(=O)OCC)N(C)CCCOC)C(F)(F)F. The molecule has 0 atom stereocenters. The quantitative estimate of drug-likeness (QED) is 0.282. The topological polar surface area (TPSA) is 38.8 Å². The number of rotatable bonds is 9. The van der Waals surface area contributed by atoms with E-state index < -0.39 is 17.7 Å². The van der Waals surface area contributed by atoms with Crippen molar-refractivity contribution in [3.63, 3.8) is 0 Å². The number of allylic oxidation sites excluding steroid dienone is 3. The highest BCUT2D eigenvalue weighted by molar-refractivity contribution is 5.88. The molecule has 0 radical (unpaired) electrons. The van der Waals surface area contributed by atoms with Crippen LogP contribution in [0.15, 0.2) is 23.4 Å². The van der Waals surface area contributed by atoms with E-state index in [-0.39, 0.29) is 18.7 Å². The summed E-state index contributed by atoms with van der Waals surface area (Å²) in [5.74, 6) is -0.770. The minimum absolute atomic E-state index is 0.0981. The maximum absolute atomic E-state index is 13.0. The van der Waals surface area contributed by atoms with Crippen LogP contribution in [0, 0.1) is 0 Å². The Labute approximate surface area is 129 Å². The molecule has 0 saturated heterocycles. The Kier molecular flexibility index (Phi) is 9.56. The monoisotopic (exact) mass is 323 g/mol. The van der Waals surface area contributed by atoms with Gasteiger partial charge in [0.25, 0.3) is 0 Å². The number of nitrogens with zero attached hydrogens (tertiary/aromatic N) is 1. The summed E-state index contributed by atoms with van der Waals surface area (Å²) in [5, 5.41) is 0. The van der Waals surface area contributed by atoms with Gasteiger partial charge in [-0.05, 0) is 25.8 Å². The first-order valence-corrected chi connectivity index (χ1v) is 7.14. The minimum Gasteiger partial charge on any atom is -0.461 e. The minimum atomic E-state index is -4.51. The Morgan fingerprint density at radius 2 is 1.91 bits per heavy atom. The summed E-state index contributed by atoms with van der Waals surface area (Å²) in [4.78, 5) is 13.4. The number of hydrogen-bond donors (Lipinski definition) is 0. The lowest BCUT2D eigenvalue weighted by Crippen LogP contribution is -2.28. The van der Waals surface area contributed by atoms with Gasteiger partial charge in [-0.3, -0.25) is 0 Å². The molecule has 0 unspecified atom stereocenters. The van der Waals surface area contributed by atoms with E-state index in [0.717, 1.165) is 12.2 Å². The first kappa shape index (κ1) is 20.5. The summed E-state index contributed by atoms with van der Waals surface area (Å²) in [6.07, 6.45) is -1.82. The molecule has 0 rings (SSSR count). The summed E-state index contributed by atoms with van der Waals surface area (Å²) < 4.78 is 48.7. The Balaban J connectivity index is 5.40. The number of carbonyl (C=O) groups is 1. The zero-order valence-corrected chi connectivity index (χ0v) is 13.5. The molecule has 128 valence electrons. The summed E-state index contributed by atoms with van der Waals surface area (Å²) in [5.41, 5.74) is -0.966. The number of hydrogen-bond acceptors (Lipinski definition) is 4. The smallest absolute Gasteiger partial charge is 0.416 e. The second kappa shape index (κ2) is 10.3. The van der Waals surface area contributed by atoms with E-state index in [4.69, 9.17) is 9.47 Å². The van der Waals surface area contributed by atoms with Gasteiger partial charge in [-0.1, -0.05) is 13.0 Å². The van der Waals surface area contributed by atoms with Gasteiger partial charge in [0.15, 0.2) is 0 Å². The van der Waals surface area contributed by atoms with Gasteiger partial charge >= 0.3 is 12.1 Å². The fourth-order valence-corrected chi connectivity index (χ4v) is 1.72. The molecule has 4 nitrogen and oxygen atoms in total. The molecular weight excluding hydrogens is 299 g/mol. The van der Waals surface area contributed by atoms with Crippen molar-refractivity contribution in [2.75, 3.05) is 33.9 Å². The molecule has 0 aromatic carbocycles. The molecule has 0 N–H and O–H groups in total. The third kappa shape index (κ3) is 7.49. The lowest BCUT2D eigenvalue weighted by Gasteiger charge is -2.22. The van der Waals surface area contributed by atoms with E-state index in [1.165, 1.54) is 12.0 Å². The van der Waals surface area contributed by atoms with Gasteiger partial charge in [-0.15, -0.1) is 0 Å². The van der Waals surface area contributed by atoms with E-state index in [2.05, 4.69) is 0 Å². The van der Waals surface area contributed by atoms with Crippen molar-refractivity contribution in [1.29, 1.82) is 0 Å². The average Bonchev–Trinajstić information content (AvgIpc) is 2.42. The van der Waals surface area contributed by atoms with Gasteiger partial charge in [0.2, 0.25) is 0 Å². The van der Waals surface area contributed by atoms with E-state index in [1.807, 2.05) is 0 Å². The normalized spacial score (nSPS) is 13.2. The van der Waals surface area contributed by atoms with E-state index >= 15 is 0 Å². The molecule has 0 aliphatic heterocycles. The lowest BCUT2D eigenvalue weighted by atomic mass is 10.1. The zero-order valence-electron chi connectivity index (χ0n) is 13.5. The van der Waals surface area contributed by atoms with Crippen molar-refractivity contribution in [2.24, 2.45) is 0 Å². The van der Waals surface area contributed by atoms with E-state index in [1.54, 1.807) is 20.9 Å². The Morgan fingerprint density at radius 3 is 2.36 bits per heavy atom. The molecule has 0 aromatic heterocycles. The number of alkyl halides is 3. The van der Waals surface area contributed by atoms with Crippen molar-refractivity contribution in [2.45, 2.75) is 32.9 Å². The summed E-state index contributed by atoms with van der Waals surface area (Å²) in [7, 11) is 3.09. The summed E-state index contributed by atoms with van der Waals surface area (Å²) in [6, 6.07) is 0. The number of carbonyl (C=O) groups excluding carboxylic acids is 1. The maximum atomic E-state index is 13.0.